The Morgan fingerprint density at radius 1 is 0.738 bits per heavy atom. The molecule has 0 radical (unpaired) electrons. The molecule has 2 amide bonds. The number of fused-ring (bicyclic) bond motifs is 4. The highest BCUT2D eigenvalue weighted by Gasteiger charge is 2.17. The minimum Gasteiger partial charge on any atom is -0.478 e. The third-order valence-electron chi connectivity index (χ3n) is 7.23. The smallest absolute Gasteiger partial charge is 0.336 e. The number of aromatic nitrogens is 1. The van der Waals surface area contributed by atoms with Gasteiger partial charge in [-0.3, -0.25) is 9.59 Å². The number of para-hydroxylation sites is 1. The maximum atomic E-state index is 13.1. The molecule has 0 aliphatic carbocycles. The van der Waals surface area contributed by atoms with Crippen molar-refractivity contribution in [2.45, 2.75) is 18.4 Å². The maximum absolute atomic E-state index is 13.1. The third-order valence-corrected chi connectivity index (χ3v) is 8.25. The van der Waals surface area contributed by atoms with Gasteiger partial charge in [-0.25, -0.2) is 4.79 Å². The van der Waals surface area contributed by atoms with Crippen LogP contribution in [0.25, 0.3) is 32.6 Å². The van der Waals surface area contributed by atoms with E-state index in [1.807, 2.05) is 36.4 Å². The van der Waals surface area contributed by atoms with Crippen LogP contribution in [0.2, 0.25) is 0 Å². The van der Waals surface area contributed by atoms with E-state index in [9.17, 15) is 19.5 Å². The number of carbonyl (C=O) groups is 3. The number of thioether (sulfide) groups is 1. The van der Waals surface area contributed by atoms with Gasteiger partial charge in [0.1, 0.15) is 0 Å². The highest BCUT2D eigenvalue weighted by atomic mass is 32.2. The average molecular weight is 574 g/mol. The van der Waals surface area contributed by atoms with E-state index in [0.717, 1.165) is 33.4 Å². The fourth-order valence-corrected chi connectivity index (χ4v) is 6.06. The van der Waals surface area contributed by atoms with Crippen LogP contribution in [0.15, 0.2) is 108 Å². The summed E-state index contributed by atoms with van der Waals surface area (Å²) in [5, 5.41) is 18.8. The van der Waals surface area contributed by atoms with Gasteiger partial charge < -0.3 is 20.3 Å². The molecule has 1 heterocycles. The summed E-state index contributed by atoms with van der Waals surface area (Å²) in [5.41, 5.74) is 4.01. The molecule has 6 rings (SSSR count). The van der Waals surface area contributed by atoms with Crippen LogP contribution in [0.5, 0.6) is 0 Å². The van der Waals surface area contributed by atoms with Crippen molar-refractivity contribution < 1.29 is 19.5 Å². The number of rotatable bonds is 8. The van der Waals surface area contributed by atoms with Crippen molar-refractivity contribution in [1.82, 2.24) is 4.57 Å². The molecule has 6 aromatic rings. The van der Waals surface area contributed by atoms with Crippen LogP contribution in [0.1, 0.15) is 27.6 Å². The van der Waals surface area contributed by atoms with E-state index in [1.165, 1.54) is 23.3 Å². The molecule has 5 aromatic carbocycles. The largest absolute Gasteiger partial charge is 0.478 e. The van der Waals surface area contributed by atoms with Crippen molar-refractivity contribution in [2.24, 2.45) is 0 Å². The summed E-state index contributed by atoms with van der Waals surface area (Å²) in [7, 11) is 0. The second kappa shape index (κ2) is 11.4. The third kappa shape index (κ3) is 5.20. The van der Waals surface area contributed by atoms with Crippen LogP contribution in [0.3, 0.4) is 0 Å². The van der Waals surface area contributed by atoms with Crippen molar-refractivity contribution in [2.75, 3.05) is 16.4 Å². The molecule has 0 fully saturated rings. The van der Waals surface area contributed by atoms with Gasteiger partial charge in [-0.2, -0.15) is 0 Å². The van der Waals surface area contributed by atoms with Crippen molar-refractivity contribution in [3.63, 3.8) is 0 Å². The zero-order valence-electron chi connectivity index (χ0n) is 22.8. The monoisotopic (exact) mass is 573 g/mol. The number of benzene rings is 5. The van der Waals surface area contributed by atoms with Gasteiger partial charge in [-0.1, -0.05) is 42.5 Å². The lowest BCUT2D eigenvalue weighted by atomic mass is 9.98. The number of nitrogens with one attached hydrogen (secondary N) is 2. The van der Waals surface area contributed by atoms with Crippen molar-refractivity contribution in [1.29, 1.82) is 0 Å². The first-order valence-electron chi connectivity index (χ1n) is 13.5. The molecule has 42 heavy (non-hydrogen) atoms. The number of anilines is 2. The second-order valence-corrected chi connectivity index (χ2v) is 10.9. The Morgan fingerprint density at radius 2 is 1.43 bits per heavy atom. The molecule has 7 nitrogen and oxygen atoms in total. The first-order chi connectivity index (χ1) is 20.4. The van der Waals surface area contributed by atoms with E-state index in [4.69, 9.17) is 0 Å². The number of carboxylic acid groups (broad SMARTS) is 1. The lowest BCUT2D eigenvalue weighted by Gasteiger charge is -2.11. The number of aromatic carboxylic acids is 1. The summed E-state index contributed by atoms with van der Waals surface area (Å²) in [6, 6.07) is 31.6. The number of carbonyl (C=O) groups excluding carboxylic acids is 2. The Bertz CT molecular complexity index is 1990. The van der Waals surface area contributed by atoms with E-state index < -0.39 is 11.9 Å². The van der Waals surface area contributed by atoms with Crippen LogP contribution in [0.4, 0.5) is 11.4 Å². The van der Waals surface area contributed by atoms with E-state index in [2.05, 4.69) is 40.3 Å². The predicted octanol–water partition coefficient (Wildman–Crippen LogP) is 7.65. The molecule has 3 N–H and O–H groups in total. The van der Waals surface area contributed by atoms with Gasteiger partial charge in [-0.05, 0) is 73.0 Å². The maximum Gasteiger partial charge on any atom is 0.336 e. The zero-order chi connectivity index (χ0) is 29.2. The summed E-state index contributed by atoms with van der Waals surface area (Å²) in [5.74, 6) is -1.36. The fourth-order valence-electron chi connectivity index (χ4n) is 5.36. The fraction of sp³-hybridized carbons (Fsp3) is 0.0882. The van der Waals surface area contributed by atoms with Gasteiger partial charge in [0.05, 0.1) is 11.3 Å². The van der Waals surface area contributed by atoms with Gasteiger partial charge >= 0.3 is 5.97 Å². The molecule has 0 aliphatic heterocycles. The Labute approximate surface area is 246 Å². The highest BCUT2D eigenvalue weighted by Crippen LogP contribution is 2.31. The first kappa shape index (κ1) is 27.1. The van der Waals surface area contributed by atoms with Crippen LogP contribution in [-0.2, 0) is 11.3 Å². The van der Waals surface area contributed by atoms with Crippen LogP contribution >= 0.6 is 11.8 Å². The van der Waals surface area contributed by atoms with Gasteiger partial charge in [0, 0.05) is 55.6 Å². The molecule has 0 saturated carbocycles. The Hall–Kier alpha value is -5.08. The SMILES string of the molecule is CCn1c2ccccc2c2cc(NC(=O)CSc3ccc(NC(=O)c4cccc5cccc(C(=O)O)c45)cc3)ccc21. The van der Waals surface area contributed by atoms with E-state index in [-0.39, 0.29) is 22.8 Å². The standard InChI is InChI=1S/C34H27N3O4S/c1-2-37-29-12-4-3-9-25(29)28-19-23(15-18-30(28)37)35-31(38)20-42-24-16-13-22(14-17-24)36-33(39)26-10-5-7-21-8-6-11-27(32(21)26)34(40)41/h3-19H,2,20H2,1H3,(H,35,38)(H,36,39)(H,40,41). The van der Waals surface area contributed by atoms with Crippen molar-refractivity contribution in [3.8, 4) is 0 Å². The van der Waals surface area contributed by atoms with E-state index in [0.29, 0.717) is 16.5 Å². The van der Waals surface area contributed by atoms with Crippen LogP contribution in [0, 0.1) is 0 Å². The van der Waals surface area contributed by atoms with Gasteiger partial charge in [0.25, 0.3) is 5.91 Å². The number of nitrogens with zero attached hydrogens (tertiary/aromatic N) is 1. The molecule has 0 aliphatic rings. The van der Waals surface area contributed by atoms with Gasteiger partial charge in [-0.15, -0.1) is 11.8 Å². The second-order valence-electron chi connectivity index (χ2n) is 9.82. The lowest BCUT2D eigenvalue weighted by Crippen LogP contribution is -2.14. The molecular formula is C34H27N3O4S. The molecule has 208 valence electrons. The number of amides is 2. The quantitative estimate of drug-likeness (QED) is 0.162. The molecule has 0 saturated heterocycles. The number of aryl methyl sites for hydroxylation is 1. The van der Waals surface area contributed by atoms with Gasteiger partial charge in [0.15, 0.2) is 0 Å². The van der Waals surface area contributed by atoms with Crippen molar-refractivity contribution >= 4 is 73.5 Å². The van der Waals surface area contributed by atoms with E-state index in [1.54, 1.807) is 42.5 Å². The summed E-state index contributed by atoms with van der Waals surface area (Å²) in [4.78, 5) is 38.5. The van der Waals surface area contributed by atoms with Crippen LogP contribution in [-0.4, -0.2) is 33.2 Å². The zero-order valence-corrected chi connectivity index (χ0v) is 23.6. The molecule has 8 heteroatoms. The molecule has 0 unspecified atom stereocenters. The molecular weight excluding hydrogens is 546 g/mol. The predicted molar refractivity (Wildman–Crippen MR) is 170 cm³/mol. The summed E-state index contributed by atoms with van der Waals surface area (Å²) in [6.45, 7) is 2.99. The Morgan fingerprint density at radius 3 is 2.17 bits per heavy atom. The Balaban J connectivity index is 1.10. The molecule has 1 aromatic heterocycles. The Kier molecular flexibility index (Phi) is 7.37. The first-order valence-corrected chi connectivity index (χ1v) is 14.5. The molecule has 0 atom stereocenters. The summed E-state index contributed by atoms with van der Waals surface area (Å²) in [6.07, 6.45) is 0. The molecule has 0 bridgehead atoms. The minimum absolute atomic E-state index is 0.0795. The summed E-state index contributed by atoms with van der Waals surface area (Å²) < 4.78 is 2.27. The number of carboxylic acids is 1. The van der Waals surface area contributed by atoms with E-state index >= 15 is 0 Å². The summed E-state index contributed by atoms with van der Waals surface area (Å²) >= 11 is 1.40. The average Bonchev–Trinajstić information content (AvgIpc) is 3.33. The number of hydrogen-bond acceptors (Lipinski definition) is 4. The number of hydrogen-bond donors (Lipinski definition) is 3. The van der Waals surface area contributed by atoms with Gasteiger partial charge in [0.2, 0.25) is 5.91 Å². The topological polar surface area (TPSA) is 100 Å². The van der Waals surface area contributed by atoms with Crippen molar-refractivity contribution in [3.05, 3.63) is 114 Å². The highest BCUT2D eigenvalue weighted by molar-refractivity contribution is 8.00. The normalized spacial score (nSPS) is 11.2. The molecule has 0 spiro atoms. The van der Waals surface area contributed by atoms with Crippen LogP contribution < -0.4 is 10.6 Å². The minimum atomic E-state index is -1.09. The lowest BCUT2D eigenvalue weighted by molar-refractivity contribution is -0.113.